The highest BCUT2D eigenvalue weighted by atomic mass is 35.5. The zero-order valence-corrected chi connectivity index (χ0v) is 21.4. The Morgan fingerprint density at radius 1 is 1.03 bits per heavy atom. The van der Waals surface area contributed by atoms with Crippen LogP contribution < -0.4 is 21.5 Å². The summed E-state index contributed by atoms with van der Waals surface area (Å²) in [6, 6.07) is 10.3. The number of rotatable bonds is 5. The van der Waals surface area contributed by atoms with Gasteiger partial charge >= 0.3 is 12.1 Å². The minimum atomic E-state index is -1.25. The molecule has 0 saturated heterocycles. The first-order chi connectivity index (χ1) is 16.4. The molecule has 3 rings (SSSR count). The van der Waals surface area contributed by atoms with E-state index in [1.165, 1.54) is 10.5 Å². The first-order valence-electron chi connectivity index (χ1n) is 11.1. The lowest BCUT2D eigenvalue weighted by Crippen LogP contribution is -2.34. The molecule has 0 saturated carbocycles. The number of halogens is 1. The molecule has 0 bridgehead atoms. The quantitative estimate of drug-likeness (QED) is 0.367. The topological polar surface area (TPSA) is 125 Å². The average Bonchev–Trinajstić information content (AvgIpc) is 2.72. The number of fused-ring (bicyclic) bond motifs is 1. The molecule has 1 radical (unpaired) electrons. The van der Waals surface area contributed by atoms with E-state index in [0.29, 0.717) is 16.9 Å². The maximum absolute atomic E-state index is 13.4. The van der Waals surface area contributed by atoms with Crippen LogP contribution in [0.15, 0.2) is 47.3 Å². The van der Waals surface area contributed by atoms with Crippen LogP contribution in [0.1, 0.15) is 53.4 Å². The number of urea groups is 1. The lowest BCUT2D eigenvalue weighted by Gasteiger charge is -2.19. The van der Waals surface area contributed by atoms with Gasteiger partial charge in [0.2, 0.25) is 0 Å². The van der Waals surface area contributed by atoms with Crippen LogP contribution in [-0.2, 0) is 0 Å². The van der Waals surface area contributed by atoms with Gasteiger partial charge in [0.25, 0.3) is 5.56 Å². The van der Waals surface area contributed by atoms with Crippen molar-refractivity contribution in [2.45, 2.75) is 53.6 Å². The molecule has 4 N–H and O–H groups in total. The van der Waals surface area contributed by atoms with Crippen LogP contribution in [0, 0.1) is 5.92 Å². The van der Waals surface area contributed by atoms with Gasteiger partial charge in [0.05, 0.1) is 27.7 Å². The summed E-state index contributed by atoms with van der Waals surface area (Å²) in [5.41, 5.74) is 0.754. The lowest BCUT2D eigenvalue weighted by molar-refractivity contribution is 0.190. The fourth-order valence-corrected chi connectivity index (χ4v) is 3.40. The first kappa shape index (κ1) is 27.7. The highest BCUT2D eigenvalue weighted by Gasteiger charge is 2.20. The summed E-state index contributed by atoms with van der Waals surface area (Å²) in [6.07, 6.45) is -1.25. The van der Waals surface area contributed by atoms with Gasteiger partial charge in [-0.25, -0.2) is 14.6 Å². The smallest absolute Gasteiger partial charge is 0.405 e. The van der Waals surface area contributed by atoms with Crippen molar-refractivity contribution in [3.63, 3.8) is 0 Å². The zero-order chi connectivity index (χ0) is 26.3. The zero-order valence-electron chi connectivity index (χ0n) is 20.6. The number of carbonyl (C=O) groups excluding carboxylic acids is 1. The molecule has 2 aromatic carbocycles. The number of amides is 3. The van der Waals surface area contributed by atoms with E-state index in [2.05, 4.69) is 41.7 Å². The Balaban J connectivity index is 0.00000100. The Bertz CT molecular complexity index is 1250. The molecule has 10 heteroatoms. The minimum Gasteiger partial charge on any atom is -0.465 e. The van der Waals surface area contributed by atoms with E-state index in [1.54, 1.807) is 49.4 Å². The second-order valence-corrected chi connectivity index (χ2v) is 9.13. The average molecular weight is 501 g/mol. The first-order valence-corrected chi connectivity index (χ1v) is 11.4. The third-order valence-corrected chi connectivity index (χ3v) is 4.70. The molecule has 0 aliphatic rings. The Labute approximate surface area is 209 Å². The number of carbonyl (C=O) groups is 2. The number of carboxylic acid groups (broad SMARTS) is 1. The molecule has 0 fully saturated rings. The Morgan fingerprint density at radius 2 is 1.66 bits per heavy atom. The van der Waals surface area contributed by atoms with Gasteiger partial charge in [-0.1, -0.05) is 44.5 Å². The van der Waals surface area contributed by atoms with Crippen LogP contribution in [0.25, 0.3) is 16.6 Å². The van der Waals surface area contributed by atoms with Crippen LogP contribution in [0.3, 0.4) is 0 Å². The van der Waals surface area contributed by atoms with Crippen molar-refractivity contribution in [2.24, 2.45) is 0 Å². The number of benzene rings is 2. The summed E-state index contributed by atoms with van der Waals surface area (Å²) in [7, 11) is 0. The van der Waals surface area contributed by atoms with E-state index in [4.69, 9.17) is 16.7 Å². The van der Waals surface area contributed by atoms with Crippen LogP contribution in [0.5, 0.6) is 0 Å². The SMILES string of the molecule is CC(C)NC(=O)Nc1cccc(-n2c(C(C)NC(=O)O)nc3cccc(Cl)c3c2=O)c1.C[C](C)C. The number of aromatic nitrogens is 2. The summed E-state index contributed by atoms with van der Waals surface area (Å²) < 4.78 is 1.29. The van der Waals surface area contributed by atoms with Crippen LogP contribution in [0.2, 0.25) is 5.02 Å². The molecule has 0 aliphatic heterocycles. The van der Waals surface area contributed by atoms with E-state index >= 15 is 0 Å². The lowest BCUT2D eigenvalue weighted by atomic mass is 10.2. The van der Waals surface area contributed by atoms with Crippen molar-refractivity contribution in [3.8, 4) is 5.69 Å². The molecule has 35 heavy (non-hydrogen) atoms. The molecule has 1 atom stereocenters. The normalized spacial score (nSPS) is 11.6. The standard InChI is InChI=1S/C21H22ClN5O4.C4H9/c1-11(2)23-20(29)25-13-6-4-7-14(10-13)27-18(12(3)24-21(30)31)26-16-9-5-8-15(22)17(16)19(27)28;1-4(2)3/h4-12,24H,1-3H3,(H,30,31)(H2,23,25,29);1-3H3. The molecule has 3 aromatic rings. The van der Waals surface area contributed by atoms with Crippen molar-refractivity contribution in [1.82, 2.24) is 20.2 Å². The minimum absolute atomic E-state index is 0.0489. The maximum atomic E-state index is 13.4. The molecular weight excluding hydrogens is 470 g/mol. The fourth-order valence-electron chi connectivity index (χ4n) is 3.15. The van der Waals surface area contributed by atoms with E-state index in [9.17, 15) is 14.4 Å². The summed E-state index contributed by atoms with van der Waals surface area (Å²) >= 11 is 6.26. The molecular formula is C25H31ClN5O4. The monoisotopic (exact) mass is 500 g/mol. The number of hydrogen-bond acceptors (Lipinski definition) is 4. The molecule has 1 aromatic heterocycles. The van der Waals surface area contributed by atoms with E-state index in [-0.39, 0.29) is 28.3 Å². The number of hydrogen-bond donors (Lipinski definition) is 4. The van der Waals surface area contributed by atoms with Crippen molar-refractivity contribution >= 4 is 40.3 Å². The predicted octanol–water partition coefficient (Wildman–Crippen LogP) is 5.52. The van der Waals surface area contributed by atoms with E-state index < -0.39 is 17.7 Å². The van der Waals surface area contributed by atoms with Gasteiger partial charge in [0.15, 0.2) is 0 Å². The molecule has 9 nitrogen and oxygen atoms in total. The molecule has 1 unspecified atom stereocenters. The molecule has 0 aliphatic carbocycles. The summed E-state index contributed by atoms with van der Waals surface area (Å²) in [5, 5.41) is 17.4. The second kappa shape index (κ2) is 12.2. The third kappa shape index (κ3) is 7.71. The number of nitrogens with one attached hydrogen (secondary N) is 3. The maximum Gasteiger partial charge on any atom is 0.405 e. The summed E-state index contributed by atoms with van der Waals surface area (Å²) in [6.45, 7) is 11.5. The van der Waals surface area contributed by atoms with Crippen LogP contribution in [0.4, 0.5) is 15.3 Å². The van der Waals surface area contributed by atoms with Gasteiger partial charge in [-0.05, 0) is 57.0 Å². The Kier molecular flexibility index (Phi) is 9.65. The van der Waals surface area contributed by atoms with Gasteiger partial charge < -0.3 is 21.1 Å². The second-order valence-electron chi connectivity index (χ2n) is 8.72. The predicted molar refractivity (Wildman–Crippen MR) is 139 cm³/mol. The van der Waals surface area contributed by atoms with Crippen molar-refractivity contribution in [1.29, 1.82) is 0 Å². The Hall–Kier alpha value is -3.59. The van der Waals surface area contributed by atoms with Gasteiger partial charge in [-0.15, -0.1) is 0 Å². The highest BCUT2D eigenvalue weighted by molar-refractivity contribution is 6.35. The highest BCUT2D eigenvalue weighted by Crippen LogP contribution is 2.24. The summed E-state index contributed by atoms with van der Waals surface area (Å²) in [4.78, 5) is 41.2. The Morgan fingerprint density at radius 3 is 2.26 bits per heavy atom. The van der Waals surface area contributed by atoms with Crippen molar-refractivity contribution in [2.75, 3.05) is 5.32 Å². The van der Waals surface area contributed by atoms with Gasteiger partial charge in [-0.2, -0.15) is 0 Å². The van der Waals surface area contributed by atoms with Crippen LogP contribution >= 0.6 is 11.6 Å². The number of anilines is 1. The van der Waals surface area contributed by atoms with Gasteiger partial charge in [0.1, 0.15) is 5.82 Å². The molecule has 1 heterocycles. The van der Waals surface area contributed by atoms with Gasteiger partial charge in [0, 0.05) is 11.7 Å². The molecule has 3 amide bonds. The van der Waals surface area contributed by atoms with Crippen molar-refractivity contribution < 1.29 is 14.7 Å². The fraction of sp³-hybridized carbons (Fsp3) is 0.320. The van der Waals surface area contributed by atoms with E-state index in [0.717, 1.165) is 0 Å². The summed E-state index contributed by atoms with van der Waals surface area (Å²) in [5.74, 6) is 1.60. The van der Waals surface area contributed by atoms with Crippen molar-refractivity contribution in [3.05, 3.63) is 69.6 Å². The van der Waals surface area contributed by atoms with E-state index in [1.807, 2.05) is 13.8 Å². The van der Waals surface area contributed by atoms with Gasteiger partial charge in [-0.3, -0.25) is 9.36 Å². The largest absolute Gasteiger partial charge is 0.465 e. The third-order valence-electron chi connectivity index (χ3n) is 4.38. The molecule has 0 spiro atoms. The number of nitrogens with zero attached hydrogens (tertiary/aromatic N) is 2. The van der Waals surface area contributed by atoms with Crippen LogP contribution in [-0.4, -0.2) is 32.8 Å². The molecule has 187 valence electrons.